The molecule has 36 heavy (non-hydrogen) atoms. The zero-order chi connectivity index (χ0) is 26.7. The molecule has 0 saturated heterocycles. The van der Waals surface area contributed by atoms with E-state index in [1.165, 1.54) is 17.1 Å². The lowest BCUT2D eigenvalue weighted by Crippen LogP contribution is -2.23. The number of hydrogen-bond donors (Lipinski definition) is 0. The summed E-state index contributed by atoms with van der Waals surface area (Å²) in [5.41, 5.74) is 8.26. The van der Waals surface area contributed by atoms with Gasteiger partial charge in [0, 0.05) is 73.4 Å². The van der Waals surface area contributed by atoms with Crippen LogP contribution in [0.5, 0.6) is 0 Å². The number of likely N-dealkylation sites (N-methyl/N-ethyl adjacent to an activating group) is 1. The first kappa shape index (κ1) is 29.1. The van der Waals surface area contributed by atoms with E-state index in [0.717, 1.165) is 61.9 Å². The first-order chi connectivity index (χ1) is 17.3. The van der Waals surface area contributed by atoms with E-state index in [-0.39, 0.29) is 0 Å². The average Bonchev–Trinajstić information content (AvgIpc) is 2.89. The smallest absolute Gasteiger partial charge is 0.0459 e. The SMILES string of the molecule is C=C(C)C(=CC=C(C)N(c1ccc(N(CC)CC)cc1)c1ccc(N(CC)CC)cc1)N(CC)CC. The third-order valence-electron chi connectivity index (χ3n) is 6.85. The molecule has 4 heteroatoms. The lowest BCUT2D eigenvalue weighted by molar-refractivity contribution is 0.389. The minimum Gasteiger partial charge on any atom is -0.372 e. The van der Waals surface area contributed by atoms with Crippen molar-refractivity contribution in [3.63, 3.8) is 0 Å². The summed E-state index contributed by atoms with van der Waals surface area (Å²) in [6.45, 7) is 27.7. The molecular formula is C32H48N4. The molecule has 0 saturated carbocycles. The lowest BCUT2D eigenvalue weighted by Gasteiger charge is -2.29. The highest BCUT2D eigenvalue weighted by molar-refractivity contribution is 5.71. The van der Waals surface area contributed by atoms with E-state index in [4.69, 9.17) is 0 Å². The number of anilines is 4. The number of nitrogens with zero attached hydrogens (tertiary/aromatic N) is 4. The molecule has 0 aliphatic heterocycles. The monoisotopic (exact) mass is 488 g/mol. The highest BCUT2D eigenvalue weighted by atomic mass is 15.2. The third-order valence-corrected chi connectivity index (χ3v) is 6.85. The first-order valence-corrected chi connectivity index (χ1v) is 13.6. The second kappa shape index (κ2) is 14.4. The van der Waals surface area contributed by atoms with E-state index < -0.39 is 0 Å². The maximum absolute atomic E-state index is 4.23. The predicted octanol–water partition coefficient (Wildman–Crippen LogP) is 8.22. The van der Waals surface area contributed by atoms with Gasteiger partial charge in [-0.25, -0.2) is 0 Å². The molecule has 0 radical (unpaired) electrons. The fourth-order valence-electron chi connectivity index (χ4n) is 4.71. The van der Waals surface area contributed by atoms with Gasteiger partial charge in [-0.3, -0.25) is 0 Å². The molecule has 0 unspecified atom stereocenters. The molecule has 0 atom stereocenters. The Morgan fingerprint density at radius 1 is 0.583 bits per heavy atom. The second-order valence-corrected chi connectivity index (χ2v) is 9.03. The van der Waals surface area contributed by atoms with Gasteiger partial charge in [0.1, 0.15) is 0 Å². The van der Waals surface area contributed by atoms with Crippen LogP contribution in [-0.4, -0.2) is 44.2 Å². The van der Waals surface area contributed by atoms with Crippen molar-refractivity contribution in [2.75, 3.05) is 54.0 Å². The number of allylic oxidation sites excluding steroid dienone is 4. The molecule has 0 aliphatic carbocycles. The second-order valence-electron chi connectivity index (χ2n) is 9.03. The van der Waals surface area contributed by atoms with Crippen LogP contribution in [0.25, 0.3) is 0 Å². The Kier molecular flexibility index (Phi) is 11.7. The minimum absolute atomic E-state index is 0.964. The van der Waals surface area contributed by atoms with Crippen LogP contribution in [0.15, 0.2) is 84.2 Å². The fraction of sp³-hybridized carbons (Fsp3) is 0.438. The molecule has 2 aromatic carbocycles. The molecule has 0 amide bonds. The molecule has 196 valence electrons. The van der Waals surface area contributed by atoms with Crippen LogP contribution >= 0.6 is 0 Å². The summed E-state index contributed by atoms with van der Waals surface area (Å²) in [5.74, 6) is 0. The van der Waals surface area contributed by atoms with Crippen LogP contribution in [0.4, 0.5) is 22.7 Å². The van der Waals surface area contributed by atoms with Crippen molar-refractivity contribution < 1.29 is 0 Å². The Balaban J connectivity index is 2.56. The standard InChI is InChI=1S/C32H48N4/c1-10-33(11-2)28-17-21-30(22-18-28)36(31-23-19-29(20-24-31)34(12-3)13-4)27(9)16-25-32(26(7)8)35(14-5)15-6/h16-25H,7,10-15H2,1-6,8-9H3. The molecule has 0 aliphatic rings. The predicted molar refractivity (Wildman–Crippen MR) is 162 cm³/mol. The van der Waals surface area contributed by atoms with E-state index in [9.17, 15) is 0 Å². The zero-order valence-electron chi connectivity index (χ0n) is 24.0. The van der Waals surface area contributed by atoms with Gasteiger partial charge in [-0.05, 0) is 122 Å². The van der Waals surface area contributed by atoms with Crippen LogP contribution in [0.2, 0.25) is 0 Å². The third kappa shape index (κ3) is 7.19. The summed E-state index contributed by atoms with van der Waals surface area (Å²) in [6.07, 6.45) is 4.44. The van der Waals surface area contributed by atoms with Crippen LogP contribution in [0, 0.1) is 0 Å². The van der Waals surface area contributed by atoms with Crippen molar-refractivity contribution >= 4 is 22.7 Å². The summed E-state index contributed by atoms with van der Waals surface area (Å²) in [6, 6.07) is 17.9. The first-order valence-electron chi connectivity index (χ1n) is 13.6. The Morgan fingerprint density at radius 3 is 1.25 bits per heavy atom. The number of hydrogen-bond acceptors (Lipinski definition) is 4. The maximum Gasteiger partial charge on any atom is 0.0459 e. The van der Waals surface area contributed by atoms with Gasteiger partial charge in [0.2, 0.25) is 0 Å². The summed E-state index contributed by atoms with van der Waals surface area (Å²) < 4.78 is 0. The van der Waals surface area contributed by atoms with Gasteiger partial charge in [0.25, 0.3) is 0 Å². The molecule has 2 rings (SSSR count). The van der Waals surface area contributed by atoms with Gasteiger partial charge in [-0.15, -0.1) is 0 Å². The molecule has 0 bridgehead atoms. The van der Waals surface area contributed by atoms with Crippen molar-refractivity contribution in [1.82, 2.24) is 4.90 Å². The molecule has 2 aromatic rings. The molecule has 0 aromatic heterocycles. The van der Waals surface area contributed by atoms with Crippen molar-refractivity contribution in [2.45, 2.75) is 55.4 Å². The van der Waals surface area contributed by atoms with Crippen molar-refractivity contribution in [1.29, 1.82) is 0 Å². The summed E-state index contributed by atoms with van der Waals surface area (Å²) in [5, 5.41) is 0. The van der Waals surface area contributed by atoms with Gasteiger partial charge in [0.05, 0.1) is 0 Å². The van der Waals surface area contributed by atoms with Gasteiger partial charge >= 0.3 is 0 Å². The normalized spacial score (nSPS) is 11.9. The van der Waals surface area contributed by atoms with Gasteiger partial charge in [0.15, 0.2) is 0 Å². The Hall–Kier alpha value is -3.14. The molecule has 0 fully saturated rings. The molecular weight excluding hydrogens is 440 g/mol. The molecule has 4 nitrogen and oxygen atoms in total. The average molecular weight is 489 g/mol. The summed E-state index contributed by atoms with van der Waals surface area (Å²) >= 11 is 0. The maximum atomic E-state index is 4.23. The molecule has 0 heterocycles. The van der Waals surface area contributed by atoms with E-state index in [1.54, 1.807) is 0 Å². The Labute approximate surface area is 221 Å². The van der Waals surface area contributed by atoms with Gasteiger partial charge in [-0.2, -0.15) is 0 Å². The highest BCUT2D eigenvalue weighted by Gasteiger charge is 2.14. The van der Waals surface area contributed by atoms with Crippen molar-refractivity contribution in [2.24, 2.45) is 0 Å². The quantitative estimate of drug-likeness (QED) is 0.248. The van der Waals surface area contributed by atoms with E-state index in [1.807, 2.05) is 0 Å². The van der Waals surface area contributed by atoms with E-state index in [0.29, 0.717) is 0 Å². The fourth-order valence-corrected chi connectivity index (χ4v) is 4.71. The van der Waals surface area contributed by atoms with Gasteiger partial charge < -0.3 is 19.6 Å². The minimum atomic E-state index is 0.964. The topological polar surface area (TPSA) is 13.0 Å². The summed E-state index contributed by atoms with van der Waals surface area (Å²) in [4.78, 5) is 9.45. The highest BCUT2D eigenvalue weighted by Crippen LogP contribution is 2.33. The number of benzene rings is 2. The van der Waals surface area contributed by atoms with Crippen LogP contribution in [-0.2, 0) is 0 Å². The molecule has 0 spiro atoms. The van der Waals surface area contributed by atoms with E-state index in [2.05, 4.69) is 142 Å². The van der Waals surface area contributed by atoms with Gasteiger partial charge in [-0.1, -0.05) is 6.58 Å². The number of rotatable bonds is 14. The van der Waals surface area contributed by atoms with Crippen molar-refractivity contribution in [3.8, 4) is 0 Å². The lowest BCUT2D eigenvalue weighted by atomic mass is 10.1. The molecule has 0 N–H and O–H groups in total. The zero-order valence-corrected chi connectivity index (χ0v) is 24.0. The van der Waals surface area contributed by atoms with E-state index >= 15 is 0 Å². The summed E-state index contributed by atoms with van der Waals surface area (Å²) in [7, 11) is 0. The van der Waals surface area contributed by atoms with Crippen molar-refractivity contribution in [3.05, 3.63) is 84.2 Å². The largest absolute Gasteiger partial charge is 0.372 e. The van der Waals surface area contributed by atoms with Crippen LogP contribution in [0.1, 0.15) is 55.4 Å². The Bertz CT molecular complexity index is 934. The van der Waals surface area contributed by atoms with Crippen LogP contribution < -0.4 is 14.7 Å². The van der Waals surface area contributed by atoms with Crippen LogP contribution in [0.3, 0.4) is 0 Å². The Morgan fingerprint density at radius 2 is 0.944 bits per heavy atom.